The molecule has 0 unspecified atom stereocenters. The molecule has 9 aromatic rings. The second-order valence-corrected chi connectivity index (χ2v) is 43.1. The molecule has 7 fully saturated rings. The fourth-order valence-corrected chi connectivity index (χ4v) is 23.9. The van der Waals surface area contributed by atoms with Crippen LogP contribution < -0.4 is 14.2 Å². The van der Waals surface area contributed by atoms with Gasteiger partial charge in [0.2, 0.25) is 0 Å². The summed E-state index contributed by atoms with van der Waals surface area (Å²) in [5.74, 6) is 7.11. The molecule has 9 heteroatoms. The Kier molecular flexibility index (Phi) is 48.2. The molecule has 7 aliphatic carbocycles. The van der Waals surface area contributed by atoms with Gasteiger partial charge >= 0.3 is 0 Å². The average molecular weight is 1900 g/mol. The lowest BCUT2D eigenvalue weighted by Gasteiger charge is -2.38. The van der Waals surface area contributed by atoms with E-state index in [4.69, 9.17) is 14.2 Å². The zero-order valence-corrected chi connectivity index (χ0v) is 87.5. The second-order valence-electron chi connectivity index (χ2n) is 43.1. The molecule has 758 valence electrons. The van der Waals surface area contributed by atoms with Gasteiger partial charge in [0.05, 0.1) is 30.6 Å². The fraction of sp³-hybridized carbons (Fsp3) is 0.569. The second kappa shape index (κ2) is 60.3. The maximum atomic E-state index is 14.8. The summed E-state index contributed by atoms with van der Waals surface area (Å²) in [7, 11) is 0. The van der Waals surface area contributed by atoms with Gasteiger partial charge < -0.3 is 14.2 Å². The van der Waals surface area contributed by atoms with Crippen molar-refractivity contribution in [3.63, 3.8) is 0 Å². The summed E-state index contributed by atoms with van der Waals surface area (Å²) in [6.45, 7) is 32.8. The number of unbranched alkanes of at least 4 members (excludes halogenated alkanes) is 3. The molecule has 3 nitrogen and oxygen atoms in total. The quantitative estimate of drug-likeness (QED) is 0.0221. The van der Waals surface area contributed by atoms with Crippen molar-refractivity contribution in [3.8, 4) is 39.5 Å². The highest BCUT2D eigenvalue weighted by Gasteiger charge is 2.33. The van der Waals surface area contributed by atoms with E-state index in [1.54, 1.807) is 37.1 Å². The first-order valence-electron chi connectivity index (χ1n) is 56.2. The molecule has 0 heterocycles. The molecule has 7 saturated carbocycles. The predicted molar refractivity (Wildman–Crippen MR) is 581 cm³/mol. The summed E-state index contributed by atoms with van der Waals surface area (Å²) in [4.78, 5) is 0. The lowest BCUT2D eigenvalue weighted by atomic mass is 9.68. The molecular weight excluding hydrogens is 1720 g/mol. The van der Waals surface area contributed by atoms with Crippen LogP contribution in [0.25, 0.3) is 43.8 Å². The molecule has 0 aromatic heterocycles. The van der Waals surface area contributed by atoms with Crippen LogP contribution in [0.3, 0.4) is 0 Å². The van der Waals surface area contributed by atoms with Gasteiger partial charge in [-0.05, 0) is 365 Å². The zero-order chi connectivity index (χ0) is 98.6. The standard InChI is InChI=1S/C26H35F3O.C23H29F3O.C23H28.C22H26.C19H34.C17H26O/c1-3-5-7-18-8-10-19(11-9-18)12-13-21-17-20-14-15-22(30-16-6-4-2)25(28)23(20)26(29)24(21)27;1-3-4-13-27-19-12-11-17-14-18(21(24)23(26)20(17)22(19)25)10-9-16-7-5-15(2)6-8-16;1-3-5-19-8-12-21(13-9-19)23-16-14-22(15-17-23)20-10-6-18(4-2)7-11-20;1-3-17-5-9-19(10-6-17)21-13-15-22(16-14-21)20-11-7-18(4-2)8-12-20;1-3-5-7-17-10-14-19(15-11-17)18-12-8-16(6-4-2)9-13-18;1-3-5-14-6-8-15(9-7-14)16-10-12-17(13-11-16)18-4-2/h14-15,17-19H,3-13,16H2,1-2H3;11-12,14-16H,3-10,13H2,1-2H3;4,8-9,12-18,20H,2-3,5-7,10-11H2,1H3;3,7-8,11-17,19H,1,4-6,9-10H2,2H3;3,16-19H,1,4-15H2,2H3;10-15H,3-9H2,1-2H3. The third kappa shape index (κ3) is 34.5. The van der Waals surface area contributed by atoms with Gasteiger partial charge in [0.1, 0.15) is 5.75 Å². The molecule has 0 bridgehead atoms. The van der Waals surface area contributed by atoms with Crippen molar-refractivity contribution in [1.29, 1.82) is 0 Å². The minimum Gasteiger partial charge on any atom is -0.494 e. The number of halogens is 6. The van der Waals surface area contributed by atoms with Crippen LogP contribution in [-0.2, 0) is 25.7 Å². The molecule has 139 heavy (non-hydrogen) atoms. The van der Waals surface area contributed by atoms with Gasteiger partial charge in [0.25, 0.3) is 0 Å². The van der Waals surface area contributed by atoms with Gasteiger partial charge in [-0.3, -0.25) is 0 Å². The van der Waals surface area contributed by atoms with E-state index in [2.05, 4.69) is 201 Å². The SMILES string of the molecule is C=CC1CCC(c2ccc(-c3ccc(CC)cc3)cc2)CC1.C=CC1CCC(c2ccc(-c3ccc(CCC)cc3)cc2)CC1.C=CCCC1CCC(C2CCC(CCC)CC2)CC1.CCCC1CCC(c2ccc(OCC)cc2)CC1.CCCCOc1ccc2cc(CCC3CCC(C)CC3)c(F)c(F)c2c1F.CCCCOc1ccc2cc(CCC3CCC(CCCC)CC3)c(F)c(F)c2c1F. The highest BCUT2D eigenvalue weighted by Crippen LogP contribution is 2.47. The first kappa shape index (κ1) is 111. The summed E-state index contributed by atoms with van der Waals surface area (Å²) in [6.07, 6.45) is 66.0. The van der Waals surface area contributed by atoms with Crippen LogP contribution in [0.5, 0.6) is 17.2 Å². The van der Waals surface area contributed by atoms with Crippen molar-refractivity contribution < 1.29 is 40.6 Å². The normalized spacial score (nSPS) is 23.0. The van der Waals surface area contributed by atoms with E-state index in [-0.39, 0.29) is 22.3 Å². The minimum atomic E-state index is -1.10. The Hall–Kier alpha value is -8.30. The molecule has 0 radical (unpaired) electrons. The van der Waals surface area contributed by atoms with Crippen LogP contribution in [0.2, 0.25) is 0 Å². The maximum absolute atomic E-state index is 14.8. The van der Waals surface area contributed by atoms with E-state index in [9.17, 15) is 26.3 Å². The Morgan fingerprint density at radius 2 is 0.647 bits per heavy atom. The number of hydrogen-bond acceptors (Lipinski definition) is 3. The van der Waals surface area contributed by atoms with Crippen molar-refractivity contribution in [2.45, 2.75) is 388 Å². The zero-order valence-electron chi connectivity index (χ0n) is 87.5. The van der Waals surface area contributed by atoms with Crippen molar-refractivity contribution in [3.05, 3.63) is 270 Å². The summed E-state index contributed by atoms with van der Waals surface area (Å²) in [5, 5.41) is 0.174. The first-order chi connectivity index (χ1) is 67.8. The topological polar surface area (TPSA) is 27.7 Å². The number of aryl methyl sites for hydroxylation is 4. The van der Waals surface area contributed by atoms with Crippen LogP contribution in [-0.4, -0.2) is 19.8 Å². The molecule has 0 atom stereocenters. The highest BCUT2D eigenvalue weighted by atomic mass is 19.2. The molecular formula is C130H178F6O3. The van der Waals surface area contributed by atoms with Crippen LogP contribution in [0.4, 0.5) is 26.3 Å². The van der Waals surface area contributed by atoms with Crippen molar-refractivity contribution >= 4 is 21.5 Å². The number of fused-ring (bicyclic) bond motifs is 2. The molecule has 0 spiro atoms. The fourth-order valence-electron chi connectivity index (χ4n) is 23.9. The lowest BCUT2D eigenvalue weighted by molar-refractivity contribution is 0.141. The highest BCUT2D eigenvalue weighted by molar-refractivity contribution is 5.87. The summed E-state index contributed by atoms with van der Waals surface area (Å²) in [6, 6.07) is 54.8. The largest absolute Gasteiger partial charge is 0.494 e. The van der Waals surface area contributed by atoms with Gasteiger partial charge in [-0.25, -0.2) is 26.3 Å². The van der Waals surface area contributed by atoms with Gasteiger partial charge in [0, 0.05) is 0 Å². The van der Waals surface area contributed by atoms with Crippen molar-refractivity contribution in [2.24, 2.45) is 65.1 Å². The molecule has 0 amide bonds. The Labute approximate surface area is 839 Å². The molecule has 0 N–H and O–H groups in total. The van der Waals surface area contributed by atoms with Crippen LogP contribution in [0.15, 0.2) is 196 Å². The molecule has 0 aliphatic heterocycles. The summed E-state index contributed by atoms with van der Waals surface area (Å²) in [5.41, 5.74) is 13.4. The lowest BCUT2D eigenvalue weighted by Crippen LogP contribution is -2.25. The number of hydrogen-bond donors (Lipinski definition) is 0. The number of benzene rings is 9. The van der Waals surface area contributed by atoms with Gasteiger partial charge in [0.15, 0.2) is 46.4 Å². The maximum Gasteiger partial charge on any atom is 0.175 e. The van der Waals surface area contributed by atoms with Crippen molar-refractivity contribution in [1.82, 2.24) is 0 Å². The van der Waals surface area contributed by atoms with E-state index in [0.29, 0.717) is 59.8 Å². The van der Waals surface area contributed by atoms with E-state index in [1.165, 1.54) is 287 Å². The summed E-state index contributed by atoms with van der Waals surface area (Å²) >= 11 is 0. The molecule has 7 aliphatic rings. The Balaban J connectivity index is 0.000000161. The average Bonchev–Trinajstić information content (AvgIpc) is 0.773. The Morgan fingerprint density at radius 3 is 1.01 bits per heavy atom. The third-order valence-electron chi connectivity index (χ3n) is 33.2. The van der Waals surface area contributed by atoms with Crippen molar-refractivity contribution in [2.75, 3.05) is 19.8 Å². The molecule has 0 saturated heterocycles. The van der Waals surface area contributed by atoms with Crippen LogP contribution >= 0.6 is 0 Å². The van der Waals surface area contributed by atoms with Gasteiger partial charge in [-0.2, -0.15) is 0 Å². The van der Waals surface area contributed by atoms with E-state index in [0.717, 1.165) is 141 Å². The summed E-state index contributed by atoms with van der Waals surface area (Å²) < 4.78 is 104. The number of allylic oxidation sites excluding steroid dienone is 3. The minimum absolute atomic E-state index is 0.0122. The number of rotatable bonds is 37. The molecule has 16 rings (SSSR count). The predicted octanol–water partition coefficient (Wildman–Crippen LogP) is 40.2. The van der Waals surface area contributed by atoms with Crippen LogP contribution in [0, 0.1) is 100 Å². The van der Waals surface area contributed by atoms with Gasteiger partial charge in [-0.1, -0.05) is 336 Å². The molecule has 9 aromatic carbocycles. The van der Waals surface area contributed by atoms with E-state index >= 15 is 0 Å². The monoisotopic (exact) mass is 1900 g/mol. The number of ether oxygens (including phenoxy) is 3. The smallest absolute Gasteiger partial charge is 0.175 e. The third-order valence-corrected chi connectivity index (χ3v) is 33.2. The van der Waals surface area contributed by atoms with E-state index < -0.39 is 34.9 Å². The Bertz CT molecular complexity index is 4980. The first-order valence-corrected chi connectivity index (χ1v) is 56.2. The van der Waals surface area contributed by atoms with Crippen LogP contribution in [0.1, 0.15) is 402 Å². The van der Waals surface area contributed by atoms with E-state index in [1.807, 2.05) is 20.8 Å². The van der Waals surface area contributed by atoms with Gasteiger partial charge in [-0.15, -0.1) is 19.7 Å². The Morgan fingerprint density at radius 1 is 0.302 bits per heavy atom.